The molecular formula is C21H20N6S3. The third-order valence-corrected chi connectivity index (χ3v) is 8.88. The first-order valence-corrected chi connectivity index (χ1v) is 12.6. The van der Waals surface area contributed by atoms with Crippen molar-refractivity contribution in [3.8, 4) is 0 Å². The topological polar surface area (TPSA) is 59.2 Å². The minimum atomic E-state index is 0.565. The van der Waals surface area contributed by atoms with E-state index in [-0.39, 0.29) is 0 Å². The van der Waals surface area contributed by atoms with Gasteiger partial charge in [0.05, 0.1) is 21.4 Å². The summed E-state index contributed by atoms with van der Waals surface area (Å²) in [4.78, 5) is 19.3. The molecule has 1 aromatic carbocycles. The van der Waals surface area contributed by atoms with E-state index in [0.29, 0.717) is 11.8 Å². The standard InChI is InChI=1S/C21H20N6S3/c1-12(2)26-8-7-13-16(9-26)29-20-18(13)19-24-17(25-27(19)11-22-20)10-28-21-23-14-5-3-4-6-15(14)30-21/h3-6,11-12H,7-10H2,1-2H3. The maximum atomic E-state index is 4.91. The van der Waals surface area contributed by atoms with Crippen LogP contribution < -0.4 is 0 Å². The van der Waals surface area contributed by atoms with Gasteiger partial charge in [-0.15, -0.1) is 27.8 Å². The van der Waals surface area contributed by atoms with E-state index in [1.165, 1.54) is 20.5 Å². The van der Waals surface area contributed by atoms with Crippen LogP contribution in [-0.2, 0) is 18.7 Å². The van der Waals surface area contributed by atoms with Gasteiger partial charge in [-0.3, -0.25) is 4.90 Å². The van der Waals surface area contributed by atoms with Gasteiger partial charge in [-0.25, -0.2) is 19.5 Å². The van der Waals surface area contributed by atoms with E-state index in [4.69, 9.17) is 15.1 Å². The summed E-state index contributed by atoms with van der Waals surface area (Å²) in [6.45, 7) is 6.63. The monoisotopic (exact) mass is 452 g/mol. The van der Waals surface area contributed by atoms with Crippen molar-refractivity contribution in [2.24, 2.45) is 0 Å². The molecule has 0 spiro atoms. The Labute approximate surface area is 186 Å². The van der Waals surface area contributed by atoms with Crippen molar-refractivity contribution >= 4 is 60.5 Å². The second-order valence-corrected chi connectivity index (χ2v) is 11.1. The van der Waals surface area contributed by atoms with Gasteiger partial charge in [-0.2, -0.15) is 0 Å². The van der Waals surface area contributed by atoms with Crippen molar-refractivity contribution in [1.29, 1.82) is 0 Å². The van der Waals surface area contributed by atoms with Gasteiger partial charge in [0.2, 0.25) is 0 Å². The number of para-hydroxylation sites is 1. The highest BCUT2D eigenvalue weighted by Crippen LogP contribution is 2.37. The van der Waals surface area contributed by atoms with Gasteiger partial charge in [-0.05, 0) is 38.0 Å². The van der Waals surface area contributed by atoms with Crippen molar-refractivity contribution in [3.05, 3.63) is 46.9 Å². The van der Waals surface area contributed by atoms with Gasteiger partial charge >= 0.3 is 0 Å². The number of thiophene rings is 1. The fraction of sp³-hybridized carbons (Fsp3) is 0.333. The highest BCUT2D eigenvalue weighted by molar-refractivity contribution is 8.00. The normalized spacial score (nSPS) is 15.0. The Morgan fingerprint density at radius 2 is 2.07 bits per heavy atom. The van der Waals surface area contributed by atoms with Crippen LogP contribution in [0.15, 0.2) is 34.9 Å². The molecule has 0 saturated heterocycles. The fourth-order valence-corrected chi connectivity index (χ4v) is 7.12. The van der Waals surface area contributed by atoms with Gasteiger partial charge in [0.25, 0.3) is 0 Å². The molecule has 6 nitrogen and oxygen atoms in total. The van der Waals surface area contributed by atoms with Gasteiger partial charge in [0.15, 0.2) is 15.8 Å². The fourth-order valence-electron chi connectivity index (χ4n) is 4.00. The lowest BCUT2D eigenvalue weighted by atomic mass is 10.0. The van der Waals surface area contributed by atoms with E-state index in [0.717, 1.165) is 45.7 Å². The minimum absolute atomic E-state index is 0.565. The van der Waals surface area contributed by atoms with Crippen LogP contribution in [0.1, 0.15) is 30.1 Å². The summed E-state index contributed by atoms with van der Waals surface area (Å²) in [5.41, 5.74) is 3.41. The molecule has 4 aromatic heterocycles. The van der Waals surface area contributed by atoms with Gasteiger partial charge < -0.3 is 0 Å². The number of thiazole rings is 1. The minimum Gasteiger partial charge on any atom is -0.296 e. The molecule has 5 heterocycles. The maximum absolute atomic E-state index is 4.91. The number of fused-ring (bicyclic) bond motifs is 6. The van der Waals surface area contributed by atoms with E-state index < -0.39 is 0 Å². The Hall–Kier alpha value is -2.07. The molecule has 30 heavy (non-hydrogen) atoms. The van der Waals surface area contributed by atoms with Crippen molar-refractivity contribution in [2.75, 3.05) is 6.54 Å². The smallest absolute Gasteiger partial charge is 0.167 e. The first-order valence-electron chi connectivity index (χ1n) is 10.0. The second kappa shape index (κ2) is 7.26. The molecule has 0 aliphatic carbocycles. The zero-order valence-corrected chi connectivity index (χ0v) is 19.2. The van der Waals surface area contributed by atoms with Crippen LogP contribution in [0.3, 0.4) is 0 Å². The first kappa shape index (κ1) is 18.7. The summed E-state index contributed by atoms with van der Waals surface area (Å²) >= 11 is 5.23. The number of hydrogen-bond acceptors (Lipinski definition) is 8. The Kier molecular flexibility index (Phi) is 4.52. The Balaban J connectivity index is 1.33. The van der Waals surface area contributed by atoms with Crippen molar-refractivity contribution in [3.63, 3.8) is 0 Å². The second-order valence-electron chi connectivity index (χ2n) is 7.78. The molecule has 0 fully saturated rings. The summed E-state index contributed by atoms with van der Waals surface area (Å²) in [5, 5.41) is 5.90. The number of hydrogen-bond donors (Lipinski definition) is 0. The molecule has 1 aliphatic heterocycles. The van der Waals surface area contributed by atoms with E-state index in [1.807, 2.05) is 21.9 Å². The predicted molar refractivity (Wildman–Crippen MR) is 125 cm³/mol. The summed E-state index contributed by atoms with van der Waals surface area (Å²) in [6, 6.07) is 8.82. The molecule has 0 amide bonds. The number of aromatic nitrogens is 5. The summed E-state index contributed by atoms with van der Waals surface area (Å²) < 4.78 is 4.12. The van der Waals surface area contributed by atoms with Crippen LogP contribution >= 0.6 is 34.4 Å². The molecule has 0 saturated carbocycles. The third-order valence-electron chi connectivity index (χ3n) is 5.58. The number of benzene rings is 1. The molecule has 0 N–H and O–H groups in total. The Morgan fingerprint density at radius 1 is 1.17 bits per heavy atom. The van der Waals surface area contributed by atoms with Crippen LogP contribution in [0.2, 0.25) is 0 Å². The van der Waals surface area contributed by atoms with Crippen LogP contribution in [0.4, 0.5) is 0 Å². The Morgan fingerprint density at radius 3 is 2.93 bits per heavy atom. The molecular weight excluding hydrogens is 432 g/mol. The molecule has 0 bridgehead atoms. The molecule has 0 unspecified atom stereocenters. The third kappa shape index (κ3) is 3.11. The quantitative estimate of drug-likeness (QED) is 0.357. The van der Waals surface area contributed by atoms with Crippen LogP contribution in [0.25, 0.3) is 26.1 Å². The van der Waals surface area contributed by atoms with Crippen LogP contribution in [-0.4, -0.2) is 42.1 Å². The largest absolute Gasteiger partial charge is 0.296 e. The molecule has 152 valence electrons. The zero-order chi connectivity index (χ0) is 20.2. The summed E-state index contributed by atoms with van der Waals surface area (Å²) in [5.74, 6) is 1.53. The van der Waals surface area contributed by atoms with Gasteiger partial charge in [-0.1, -0.05) is 23.9 Å². The maximum Gasteiger partial charge on any atom is 0.167 e. The van der Waals surface area contributed by atoms with Crippen molar-refractivity contribution in [2.45, 2.75) is 42.9 Å². The lowest BCUT2D eigenvalue weighted by Gasteiger charge is -2.30. The first-order chi connectivity index (χ1) is 14.7. The van der Waals surface area contributed by atoms with E-state index in [2.05, 4.69) is 41.9 Å². The average Bonchev–Trinajstić information content (AvgIpc) is 3.44. The lowest BCUT2D eigenvalue weighted by Crippen LogP contribution is -2.35. The molecule has 1 aliphatic rings. The summed E-state index contributed by atoms with van der Waals surface area (Å²) in [6.07, 6.45) is 2.86. The van der Waals surface area contributed by atoms with Gasteiger partial charge in [0.1, 0.15) is 11.2 Å². The highest BCUT2D eigenvalue weighted by Gasteiger charge is 2.25. The number of rotatable bonds is 4. The molecule has 0 radical (unpaired) electrons. The lowest BCUT2D eigenvalue weighted by molar-refractivity contribution is 0.206. The van der Waals surface area contributed by atoms with E-state index in [9.17, 15) is 0 Å². The highest BCUT2D eigenvalue weighted by atomic mass is 32.2. The average molecular weight is 453 g/mol. The summed E-state index contributed by atoms with van der Waals surface area (Å²) in [7, 11) is 0. The van der Waals surface area contributed by atoms with Crippen LogP contribution in [0.5, 0.6) is 0 Å². The molecule has 9 heteroatoms. The predicted octanol–water partition coefficient (Wildman–Crippen LogP) is 5.01. The van der Waals surface area contributed by atoms with Crippen LogP contribution in [0, 0.1) is 0 Å². The van der Waals surface area contributed by atoms with E-state index >= 15 is 0 Å². The number of nitrogens with zero attached hydrogens (tertiary/aromatic N) is 6. The van der Waals surface area contributed by atoms with E-state index in [1.54, 1.807) is 29.4 Å². The molecule has 5 aromatic rings. The van der Waals surface area contributed by atoms with Gasteiger partial charge in [0, 0.05) is 24.0 Å². The SMILES string of the molecule is CC(C)N1CCc2c(sc3ncn4nc(CSc5nc6ccccc6s5)nc4c23)C1. The zero-order valence-electron chi connectivity index (χ0n) is 16.7. The molecule has 6 rings (SSSR count). The number of thioether (sulfide) groups is 1. The van der Waals surface area contributed by atoms with Crippen molar-refractivity contribution < 1.29 is 0 Å². The Bertz CT molecular complexity index is 1350. The molecule has 0 atom stereocenters. The van der Waals surface area contributed by atoms with Crippen molar-refractivity contribution in [1.82, 2.24) is 29.5 Å².